The number of amidine groups is 1. The second kappa shape index (κ2) is 27.7. The molecule has 2 fully saturated rings. The lowest BCUT2D eigenvalue weighted by Gasteiger charge is -2.28. The van der Waals surface area contributed by atoms with Crippen LogP contribution in [0.5, 0.6) is 0 Å². The maximum Gasteiger partial charge on any atom is 0.338 e. The Hall–Kier alpha value is -5.47. The Bertz CT molecular complexity index is 2430. The van der Waals surface area contributed by atoms with Crippen LogP contribution >= 0.6 is 23.4 Å². The van der Waals surface area contributed by atoms with Crippen molar-refractivity contribution in [1.82, 2.24) is 51.9 Å². The lowest BCUT2D eigenvalue weighted by Crippen LogP contribution is -2.47. The molecule has 2 saturated heterocycles. The van der Waals surface area contributed by atoms with Gasteiger partial charge in [0.15, 0.2) is 12.0 Å². The third-order valence-corrected chi connectivity index (χ3v) is 14.4. The van der Waals surface area contributed by atoms with E-state index < -0.39 is 35.9 Å². The average Bonchev–Trinajstić information content (AvgIpc) is 3.60. The minimum atomic E-state index is -0.925. The van der Waals surface area contributed by atoms with Gasteiger partial charge in [-0.1, -0.05) is 29.3 Å². The fourth-order valence-electron chi connectivity index (χ4n) is 8.54. The molecule has 0 saturated carbocycles. The molecule has 2 aromatic heterocycles. The maximum atomic E-state index is 14.0. The highest BCUT2D eigenvalue weighted by atomic mass is 35.5. The van der Waals surface area contributed by atoms with Crippen LogP contribution in [-0.2, 0) is 51.3 Å². The number of thioether (sulfide) groups is 1. The molecule has 1 aromatic carbocycles. The zero-order valence-corrected chi connectivity index (χ0v) is 42.6. The molecule has 2 unspecified atom stereocenters. The lowest BCUT2D eigenvalue weighted by atomic mass is 9.95. The van der Waals surface area contributed by atoms with E-state index in [1.807, 2.05) is 18.7 Å². The quantitative estimate of drug-likeness (QED) is 0.0360. The number of unbranched alkanes of at least 4 members (excludes halogenated alkanes) is 2. The summed E-state index contributed by atoms with van der Waals surface area (Å²) in [5, 5.41) is 44.9. The van der Waals surface area contributed by atoms with Crippen molar-refractivity contribution in [3.63, 3.8) is 0 Å². The third kappa shape index (κ3) is 17.0. The average molecular weight is 1050 g/mol. The van der Waals surface area contributed by atoms with E-state index >= 15 is 0 Å². The fourth-order valence-corrected chi connectivity index (χ4v) is 10.4. The number of aliphatic hydroxyl groups excluding tert-OH is 1. The predicted molar refractivity (Wildman–Crippen MR) is 267 cm³/mol. The van der Waals surface area contributed by atoms with E-state index in [0.717, 1.165) is 24.7 Å². The van der Waals surface area contributed by atoms with Crippen molar-refractivity contribution in [3.8, 4) is 0 Å². The SMILES string of the molecule is COC(=O)C1=C(COCc2cn(CCOCCOCCNC(=O)[C@H](CCCCNC(=O)CCC3(C)N=N3)NC(=O)CCCC[C@@H]3SC[C@@H]4NC(O)N[C@@H]43)nn2)NC(c2ccncc2)=NC1c1ccc(F)cc1Cl. The second-order valence-corrected chi connectivity index (χ2v) is 19.8. The first-order chi connectivity index (χ1) is 35.4. The summed E-state index contributed by atoms with van der Waals surface area (Å²) in [6.45, 7) is 4.12. The molecule has 3 amide bonds. The molecule has 0 spiro atoms. The first-order valence-corrected chi connectivity index (χ1v) is 26.0. The number of halogens is 2. The molecule has 0 radical (unpaired) electrons. The molecule has 4 aliphatic rings. The Labute approximate surface area is 432 Å². The molecule has 7 rings (SSSR count). The summed E-state index contributed by atoms with van der Waals surface area (Å²) < 4.78 is 38.2. The van der Waals surface area contributed by atoms with Crippen LogP contribution < -0.4 is 31.9 Å². The number of carbonyl (C=O) groups excluding carboxylic acids is 4. The maximum absolute atomic E-state index is 14.0. The molecule has 73 heavy (non-hydrogen) atoms. The molecular formula is C48H65ClFN13O9S. The summed E-state index contributed by atoms with van der Waals surface area (Å²) in [6.07, 6.45) is 9.63. The lowest BCUT2D eigenvalue weighted by molar-refractivity contribution is -0.136. The summed E-state index contributed by atoms with van der Waals surface area (Å²) in [5.74, 6) is -0.376. The van der Waals surface area contributed by atoms with Crippen LogP contribution in [0, 0.1) is 5.82 Å². The van der Waals surface area contributed by atoms with E-state index in [1.165, 1.54) is 19.2 Å². The van der Waals surface area contributed by atoms with Crippen molar-refractivity contribution in [3.05, 3.63) is 87.9 Å². The molecule has 3 aromatic rings. The van der Waals surface area contributed by atoms with Crippen LogP contribution in [0.1, 0.15) is 87.6 Å². The normalized spacial score (nSPS) is 21.0. The number of nitrogens with one attached hydrogen (secondary N) is 6. The number of aliphatic hydroxyl groups is 1. The van der Waals surface area contributed by atoms with E-state index in [4.69, 9.17) is 35.5 Å². The van der Waals surface area contributed by atoms with Gasteiger partial charge in [0.2, 0.25) is 17.7 Å². The van der Waals surface area contributed by atoms with E-state index in [9.17, 15) is 28.7 Å². The fraction of sp³-hybridized carbons (Fsp3) is 0.583. The highest BCUT2D eigenvalue weighted by molar-refractivity contribution is 8.00. The number of ether oxygens (including phenoxy) is 4. The molecule has 0 aliphatic carbocycles. The molecule has 396 valence electrons. The highest BCUT2D eigenvalue weighted by Gasteiger charge is 2.42. The number of benzene rings is 1. The minimum absolute atomic E-state index is 0.0562. The number of fused-ring (bicyclic) bond motifs is 1. The number of methoxy groups -OCH3 is 1. The summed E-state index contributed by atoms with van der Waals surface area (Å²) in [4.78, 5) is 60.7. The van der Waals surface area contributed by atoms with Gasteiger partial charge in [-0.05, 0) is 63.3 Å². The van der Waals surface area contributed by atoms with Gasteiger partial charge < -0.3 is 45.3 Å². The first-order valence-electron chi connectivity index (χ1n) is 24.6. The van der Waals surface area contributed by atoms with Crippen molar-refractivity contribution in [2.24, 2.45) is 15.2 Å². The number of pyridine rings is 1. The highest BCUT2D eigenvalue weighted by Crippen LogP contribution is 2.37. The van der Waals surface area contributed by atoms with Crippen LogP contribution in [0.2, 0.25) is 5.02 Å². The van der Waals surface area contributed by atoms with Crippen molar-refractivity contribution < 1.29 is 47.6 Å². The van der Waals surface area contributed by atoms with E-state index in [1.54, 1.807) is 35.4 Å². The number of hydrogen-bond acceptors (Lipinski definition) is 19. The number of aliphatic imine (C=N–C) groups is 1. The van der Waals surface area contributed by atoms with Gasteiger partial charge in [-0.3, -0.25) is 35.0 Å². The molecule has 6 heterocycles. The number of hydrogen-bond donors (Lipinski definition) is 7. The summed E-state index contributed by atoms with van der Waals surface area (Å²) >= 11 is 8.35. The molecule has 25 heteroatoms. The molecule has 0 bridgehead atoms. The number of nitrogens with zero attached hydrogens (tertiary/aromatic N) is 7. The minimum Gasteiger partial charge on any atom is -0.466 e. The largest absolute Gasteiger partial charge is 0.466 e. The predicted octanol–water partition coefficient (Wildman–Crippen LogP) is 2.97. The molecule has 7 N–H and O–H groups in total. The van der Waals surface area contributed by atoms with E-state index in [-0.39, 0.29) is 73.4 Å². The van der Waals surface area contributed by atoms with Gasteiger partial charge in [0, 0.05) is 84.0 Å². The van der Waals surface area contributed by atoms with Crippen LogP contribution in [0.4, 0.5) is 4.39 Å². The molecular weight excluding hydrogens is 989 g/mol. The van der Waals surface area contributed by atoms with Crippen LogP contribution in [0.25, 0.3) is 0 Å². The van der Waals surface area contributed by atoms with Gasteiger partial charge in [0.25, 0.3) is 0 Å². The first kappa shape index (κ1) is 55.3. The van der Waals surface area contributed by atoms with Crippen molar-refractivity contribution >= 4 is 52.9 Å². The summed E-state index contributed by atoms with van der Waals surface area (Å²) in [6, 6.07) is 6.22. The van der Waals surface area contributed by atoms with Gasteiger partial charge in [-0.15, -0.1) is 5.10 Å². The van der Waals surface area contributed by atoms with E-state index in [2.05, 4.69) is 57.4 Å². The monoisotopic (exact) mass is 1050 g/mol. The Morgan fingerprint density at radius 2 is 1.77 bits per heavy atom. The zero-order valence-electron chi connectivity index (χ0n) is 41.0. The Morgan fingerprint density at radius 3 is 2.55 bits per heavy atom. The van der Waals surface area contributed by atoms with Crippen molar-refractivity contribution in [2.45, 2.75) is 119 Å². The van der Waals surface area contributed by atoms with Crippen LogP contribution in [0.15, 0.2) is 75.4 Å². The number of esters is 1. The third-order valence-electron chi connectivity index (χ3n) is 12.6. The second-order valence-electron chi connectivity index (χ2n) is 18.1. The van der Waals surface area contributed by atoms with Gasteiger partial charge >= 0.3 is 5.97 Å². The van der Waals surface area contributed by atoms with Gasteiger partial charge in [-0.2, -0.15) is 22.0 Å². The zero-order chi connectivity index (χ0) is 51.6. The summed E-state index contributed by atoms with van der Waals surface area (Å²) in [7, 11) is 1.26. The molecule has 6 atom stereocenters. The smallest absolute Gasteiger partial charge is 0.338 e. The van der Waals surface area contributed by atoms with Gasteiger partial charge in [-0.25, -0.2) is 13.9 Å². The Morgan fingerprint density at radius 1 is 0.959 bits per heavy atom. The van der Waals surface area contributed by atoms with Crippen LogP contribution in [-0.4, -0.2) is 149 Å². The number of aromatic nitrogens is 4. The number of carbonyl (C=O) groups is 4. The summed E-state index contributed by atoms with van der Waals surface area (Å²) in [5.41, 5.74) is 1.74. The molecule has 22 nitrogen and oxygen atoms in total. The van der Waals surface area contributed by atoms with Crippen molar-refractivity contribution in [1.29, 1.82) is 0 Å². The number of rotatable bonds is 31. The van der Waals surface area contributed by atoms with Crippen LogP contribution in [0.3, 0.4) is 0 Å². The van der Waals surface area contributed by atoms with E-state index in [0.29, 0.717) is 105 Å². The van der Waals surface area contributed by atoms with Crippen molar-refractivity contribution in [2.75, 3.05) is 59.0 Å². The Kier molecular flexibility index (Phi) is 21.0. The van der Waals surface area contributed by atoms with Gasteiger partial charge in [0.1, 0.15) is 29.4 Å². The number of amides is 3. The van der Waals surface area contributed by atoms with Gasteiger partial charge in [0.05, 0.1) is 70.8 Å². The Balaban J connectivity index is 0.789. The topological polar surface area (TPSA) is 278 Å². The molecule has 4 aliphatic heterocycles. The standard InChI is InChI=1S/C48H65ClFN13O9S/c1-48(60-61-48)15-12-39(64)52-16-6-5-7-35(54-40(65)9-4-3-8-38-43-37(29-73-38)56-47(68)58-43)45(66)53-19-21-70-23-24-71-22-20-63-26-32(59-62-63)27-72-28-36-41(46(67)69-2)42(33-11-10-31(50)25-34(33)49)57-44(55-36)30-13-17-51-18-14-30/h10-11,13-14,17-18,25-26,35,37-38,42-43,47,56,58,68H,3-9,12,15-16,19-24,27-29H2,1-2H3,(H,52,64)(H,53,66)(H,54,65)(H,55,57)/t35-,37-,38-,42?,43-,47?/m0/s1.